The quantitative estimate of drug-likeness (QED) is 0.353. The Morgan fingerprint density at radius 1 is 1.12 bits per heavy atom. The minimum absolute atomic E-state index is 0.166. The van der Waals surface area contributed by atoms with Crippen molar-refractivity contribution in [3.8, 4) is 11.6 Å². The molecule has 32 heavy (non-hydrogen) atoms. The van der Waals surface area contributed by atoms with Gasteiger partial charge in [-0.2, -0.15) is 0 Å². The lowest BCUT2D eigenvalue weighted by Crippen LogP contribution is -2.09. The fraction of sp³-hybridized carbons (Fsp3) is 0.125. The van der Waals surface area contributed by atoms with Gasteiger partial charge in [0.1, 0.15) is 17.4 Å². The van der Waals surface area contributed by atoms with E-state index in [0.717, 1.165) is 5.56 Å². The maximum absolute atomic E-state index is 13.6. The maximum Gasteiger partial charge on any atom is 0.337 e. The second-order valence-corrected chi connectivity index (χ2v) is 7.44. The van der Waals surface area contributed by atoms with Gasteiger partial charge in [-0.15, -0.1) is 0 Å². The molecule has 8 heteroatoms. The van der Waals surface area contributed by atoms with Crippen LogP contribution in [-0.2, 0) is 4.74 Å². The summed E-state index contributed by atoms with van der Waals surface area (Å²) < 4.78 is 24.2. The number of anilines is 1. The molecule has 0 saturated heterocycles. The van der Waals surface area contributed by atoms with E-state index < -0.39 is 11.8 Å². The number of pyridine rings is 2. The van der Waals surface area contributed by atoms with Crippen molar-refractivity contribution in [2.24, 2.45) is 0 Å². The molecule has 1 N–H and O–H groups in total. The highest BCUT2D eigenvalue weighted by Gasteiger charge is 2.17. The molecule has 2 heterocycles. The van der Waals surface area contributed by atoms with Crippen LogP contribution in [0.2, 0.25) is 5.02 Å². The molecular formula is C24H19ClFN3O3. The number of hydrogen-bond donors (Lipinski definition) is 1. The highest BCUT2D eigenvalue weighted by molar-refractivity contribution is 6.35. The molecule has 0 radical (unpaired) electrons. The van der Waals surface area contributed by atoms with Crippen molar-refractivity contribution in [3.05, 3.63) is 89.0 Å². The number of fused-ring (bicyclic) bond motifs is 1. The second-order valence-electron chi connectivity index (χ2n) is 7.03. The van der Waals surface area contributed by atoms with E-state index in [0.29, 0.717) is 32.9 Å². The summed E-state index contributed by atoms with van der Waals surface area (Å²) in [7, 11) is 1.34. The first-order valence-electron chi connectivity index (χ1n) is 9.77. The Hall–Kier alpha value is -3.71. The molecule has 1 atom stereocenters. The lowest BCUT2D eigenvalue weighted by Gasteiger charge is -2.18. The number of aromatic nitrogens is 2. The highest BCUT2D eigenvalue weighted by atomic mass is 35.5. The largest absolute Gasteiger partial charge is 0.465 e. The predicted molar refractivity (Wildman–Crippen MR) is 121 cm³/mol. The van der Waals surface area contributed by atoms with Gasteiger partial charge >= 0.3 is 5.97 Å². The van der Waals surface area contributed by atoms with Crippen LogP contribution >= 0.6 is 11.6 Å². The number of nitrogens with one attached hydrogen (secondary N) is 1. The van der Waals surface area contributed by atoms with Crippen molar-refractivity contribution in [2.75, 3.05) is 12.4 Å². The van der Waals surface area contributed by atoms with E-state index in [1.165, 1.54) is 25.4 Å². The number of carbonyl (C=O) groups is 1. The molecular weight excluding hydrogens is 433 g/mol. The lowest BCUT2D eigenvalue weighted by molar-refractivity contribution is 0.0600. The van der Waals surface area contributed by atoms with Crippen molar-refractivity contribution in [1.82, 2.24) is 9.97 Å². The summed E-state index contributed by atoms with van der Waals surface area (Å²) in [6, 6.07) is 14.5. The fourth-order valence-electron chi connectivity index (χ4n) is 3.27. The molecule has 0 amide bonds. The highest BCUT2D eigenvalue weighted by Crippen LogP contribution is 2.37. The Bertz CT molecular complexity index is 1280. The Morgan fingerprint density at radius 2 is 1.91 bits per heavy atom. The van der Waals surface area contributed by atoms with Gasteiger partial charge in [0.25, 0.3) is 0 Å². The molecule has 0 fully saturated rings. The van der Waals surface area contributed by atoms with Gasteiger partial charge in [0.2, 0.25) is 5.88 Å². The summed E-state index contributed by atoms with van der Waals surface area (Å²) in [5.41, 5.74) is 1.40. The number of benzene rings is 2. The predicted octanol–water partition coefficient (Wildman–Crippen LogP) is 6.17. The number of rotatable bonds is 6. The molecule has 162 valence electrons. The molecule has 0 aliphatic rings. The van der Waals surface area contributed by atoms with Crippen LogP contribution in [-0.4, -0.2) is 23.0 Å². The number of esters is 1. The zero-order chi connectivity index (χ0) is 22.7. The van der Waals surface area contributed by atoms with Crippen molar-refractivity contribution in [3.63, 3.8) is 0 Å². The average Bonchev–Trinajstić information content (AvgIpc) is 2.80. The Labute approximate surface area is 189 Å². The summed E-state index contributed by atoms with van der Waals surface area (Å²) in [5, 5.41) is 5.05. The van der Waals surface area contributed by atoms with E-state index in [1.54, 1.807) is 36.5 Å². The molecule has 0 bridgehead atoms. The lowest BCUT2D eigenvalue weighted by atomic mass is 10.1. The minimum atomic E-state index is -0.415. The van der Waals surface area contributed by atoms with Gasteiger partial charge in [0, 0.05) is 23.7 Å². The van der Waals surface area contributed by atoms with E-state index >= 15 is 0 Å². The summed E-state index contributed by atoms with van der Waals surface area (Å²) in [6.45, 7) is 1.96. The molecule has 0 spiro atoms. The van der Waals surface area contributed by atoms with Gasteiger partial charge < -0.3 is 14.8 Å². The first kappa shape index (κ1) is 21.5. The third-order valence-electron chi connectivity index (χ3n) is 4.91. The second kappa shape index (κ2) is 9.20. The van der Waals surface area contributed by atoms with Crippen LogP contribution in [0.25, 0.3) is 10.8 Å². The fourth-order valence-corrected chi connectivity index (χ4v) is 3.48. The van der Waals surface area contributed by atoms with Gasteiger partial charge in [-0.1, -0.05) is 29.8 Å². The average molecular weight is 452 g/mol. The molecule has 2 aromatic carbocycles. The third-order valence-corrected chi connectivity index (χ3v) is 5.21. The van der Waals surface area contributed by atoms with E-state index in [2.05, 4.69) is 15.3 Å². The van der Waals surface area contributed by atoms with Crippen molar-refractivity contribution >= 4 is 34.2 Å². The van der Waals surface area contributed by atoms with Gasteiger partial charge in [-0.05, 0) is 42.8 Å². The van der Waals surface area contributed by atoms with Crippen LogP contribution in [0.4, 0.5) is 10.2 Å². The van der Waals surface area contributed by atoms with Crippen LogP contribution in [0.1, 0.15) is 28.9 Å². The molecule has 0 aliphatic heterocycles. The number of hydrogen-bond acceptors (Lipinski definition) is 6. The number of nitrogens with zero attached hydrogens (tertiary/aromatic N) is 2. The van der Waals surface area contributed by atoms with Crippen LogP contribution in [0.5, 0.6) is 11.6 Å². The van der Waals surface area contributed by atoms with Crippen LogP contribution in [0.3, 0.4) is 0 Å². The van der Waals surface area contributed by atoms with Gasteiger partial charge in [0.05, 0.1) is 29.3 Å². The molecule has 0 saturated carbocycles. The molecule has 4 aromatic rings. The Balaban J connectivity index is 1.69. The van der Waals surface area contributed by atoms with Crippen LogP contribution in [0, 0.1) is 5.82 Å². The standard InChI is InChI=1S/C24H19ClFN3O3/c1-14(15-6-8-16(9-7-15)24(30)31-2)29-22-21-19(10-11-27-22)20(25)13-28-23(21)32-18-5-3-4-17(26)12-18/h3-14H,1-2H3,(H,27,29)/t14-/m0/s1. The number of methoxy groups -OCH3 is 1. The van der Waals surface area contributed by atoms with Crippen LogP contribution in [0.15, 0.2) is 67.0 Å². The summed E-state index contributed by atoms with van der Waals surface area (Å²) in [4.78, 5) is 20.4. The maximum atomic E-state index is 13.6. The first-order valence-corrected chi connectivity index (χ1v) is 10.2. The van der Waals surface area contributed by atoms with Gasteiger partial charge in [-0.25, -0.2) is 19.2 Å². The van der Waals surface area contributed by atoms with Crippen molar-refractivity contribution in [1.29, 1.82) is 0 Å². The smallest absolute Gasteiger partial charge is 0.337 e. The third kappa shape index (κ3) is 4.48. The zero-order valence-electron chi connectivity index (χ0n) is 17.3. The molecule has 0 aliphatic carbocycles. The molecule has 6 nitrogen and oxygen atoms in total. The van der Waals surface area contributed by atoms with Crippen molar-refractivity contribution < 1.29 is 18.7 Å². The van der Waals surface area contributed by atoms with E-state index in [1.807, 2.05) is 19.1 Å². The first-order chi connectivity index (χ1) is 15.5. The summed E-state index contributed by atoms with van der Waals surface area (Å²) >= 11 is 6.37. The van der Waals surface area contributed by atoms with E-state index in [4.69, 9.17) is 21.1 Å². The van der Waals surface area contributed by atoms with Crippen molar-refractivity contribution in [2.45, 2.75) is 13.0 Å². The van der Waals surface area contributed by atoms with E-state index in [-0.39, 0.29) is 11.9 Å². The summed E-state index contributed by atoms with van der Waals surface area (Å²) in [5.74, 6) is 0.253. The van der Waals surface area contributed by atoms with Gasteiger partial charge in [-0.3, -0.25) is 0 Å². The molecule has 4 rings (SSSR count). The topological polar surface area (TPSA) is 73.3 Å². The van der Waals surface area contributed by atoms with E-state index in [9.17, 15) is 9.18 Å². The Morgan fingerprint density at radius 3 is 2.62 bits per heavy atom. The SMILES string of the molecule is COC(=O)c1ccc([C@H](C)Nc2nccc3c(Cl)cnc(Oc4cccc(F)c4)c23)cc1. The van der Waals surface area contributed by atoms with Crippen LogP contribution < -0.4 is 10.1 Å². The normalized spacial score (nSPS) is 11.8. The monoisotopic (exact) mass is 451 g/mol. The minimum Gasteiger partial charge on any atom is -0.465 e. The zero-order valence-corrected chi connectivity index (χ0v) is 18.1. The Kier molecular flexibility index (Phi) is 6.18. The number of carbonyl (C=O) groups excluding carboxylic acids is 1. The summed E-state index contributed by atoms with van der Waals surface area (Å²) in [6.07, 6.45) is 3.12. The molecule has 0 unspecified atom stereocenters. The number of halogens is 2. The number of ether oxygens (including phenoxy) is 2. The molecule has 2 aromatic heterocycles. The van der Waals surface area contributed by atoms with Gasteiger partial charge in [0.15, 0.2) is 0 Å².